The Labute approximate surface area is 138 Å². The van der Waals surface area contributed by atoms with E-state index in [9.17, 15) is 18.0 Å². The minimum absolute atomic E-state index is 0.0693. The molecule has 24 heavy (non-hydrogen) atoms. The molecular weight excluding hydrogens is 315 g/mol. The van der Waals surface area contributed by atoms with Crippen LogP contribution >= 0.6 is 0 Å². The van der Waals surface area contributed by atoms with Crippen molar-refractivity contribution in [1.82, 2.24) is 5.32 Å². The van der Waals surface area contributed by atoms with Crippen molar-refractivity contribution < 1.29 is 18.0 Å². The highest BCUT2D eigenvalue weighted by atomic mass is 19.4. The van der Waals surface area contributed by atoms with Gasteiger partial charge in [0.25, 0.3) is 5.91 Å². The van der Waals surface area contributed by atoms with Crippen molar-refractivity contribution in [1.29, 1.82) is 0 Å². The molecule has 0 fully saturated rings. The summed E-state index contributed by atoms with van der Waals surface area (Å²) in [6.07, 6.45) is -0.0551. The van der Waals surface area contributed by atoms with Crippen LogP contribution in [0.1, 0.15) is 45.5 Å². The minimum atomic E-state index is -4.38. The van der Waals surface area contributed by atoms with E-state index < -0.39 is 11.7 Å². The maximum absolute atomic E-state index is 12.7. The van der Waals surface area contributed by atoms with E-state index in [1.54, 1.807) is 12.1 Å². The lowest BCUT2D eigenvalue weighted by molar-refractivity contribution is -0.137. The van der Waals surface area contributed by atoms with Gasteiger partial charge in [-0.25, -0.2) is 0 Å². The van der Waals surface area contributed by atoms with Crippen molar-refractivity contribution in [3.8, 4) is 0 Å². The first-order valence-corrected chi connectivity index (χ1v) is 7.99. The fourth-order valence-electron chi connectivity index (χ4n) is 3.02. The number of rotatable bonds is 3. The Morgan fingerprint density at radius 1 is 1.00 bits per heavy atom. The molecule has 0 saturated heterocycles. The fraction of sp³-hybridized carbons (Fsp3) is 0.316. The molecule has 2 nitrogen and oxygen atoms in total. The quantitative estimate of drug-likeness (QED) is 0.879. The molecule has 1 aliphatic rings. The van der Waals surface area contributed by atoms with Crippen LogP contribution in [0.5, 0.6) is 0 Å². The monoisotopic (exact) mass is 333 g/mol. The molecule has 2 aromatic rings. The third-order valence-corrected chi connectivity index (χ3v) is 4.32. The lowest BCUT2D eigenvalue weighted by Gasteiger charge is -2.16. The summed E-state index contributed by atoms with van der Waals surface area (Å²) in [5, 5.41) is 2.69. The molecule has 126 valence electrons. The molecule has 1 aliphatic carbocycles. The van der Waals surface area contributed by atoms with E-state index in [1.165, 1.54) is 23.6 Å². The van der Waals surface area contributed by atoms with E-state index in [0.717, 1.165) is 31.4 Å². The number of benzene rings is 2. The topological polar surface area (TPSA) is 29.1 Å². The molecule has 0 radical (unpaired) electrons. The second-order valence-corrected chi connectivity index (χ2v) is 6.07. The smallest absolute Gasteiger partial charge is 0.348 e. The molecule has 0 unspecified atom stereocenters. The van der Waals surface area contributed by atoms with E-state index in [1.807, 2.05) is 12.1 Å². The number of amides is 1. The van der Waals surface area contributed by atoms with Gasteiger partial charge in [-0.2, -0.15) is 13.2 Å². The zero-order valence-corrected chi connectivity index (χ0v) is 13.1. The number of nitrogens with one attached hydrogen (secondary N) is 1. The van der Waals surface area contributed by atoms with E-state index >= 15 is 0 Å². The molecule has 0 bridgehead atoms. The third-order valence-electron chi connectivity index (χ3n) is 4.32. The first-order chi connectivity index (χ1) is 11.4. The van der Waals surface area contributed by atoms with Gasteiger partial charge in [-0.05, 0) is 66.6 Å². The predicted octanol–water partition coefficient (Wildman–Crippen LogP) is 4.51. The van der Waals surface area contributed by atoms with Crippen LogP contribution in [0.3, 0.4) is 0 Å². The molecule has 0 aromatic heterocycles. The number of carbonyl (C=O) groups is 1. The normalized spacial score (nSPS) is 14.1. The number of hydrogen-bond acceptors (Lipinski definition) is 1. The molecule has 0 heterocycles. The van der Waals surface area contributed by atoms with Crippen LogP contribution in [0, 0.1) is 0 Å². The Kier molecular flexibility index (Phi) is 4.60. The second-order valence-electron chi connectivity index (χ2n) is 6.07. The fourth-order valence-corrected chi connectivity index (χ4v) is 3.02. The summed E-state index contributed by atoms with van der Waals surface area (Å²) in [5.41, 5.74) is 2.77. The van der Waals surface area contributed by atoms with Gasteiger partial charge in [0.1, 0.15) is 0 Å². The molecule has 1 amide bonds. The van der Waals surface area contributed by atoms with E-state index in [-0.39, 0.29) is 12.5 Å². The van der Waals surface area contributed by atoms with Crippen LogP contribution < -0.4 is 5.32 Å². The summed E-state index contributed by atoms with van der Waals surface area (Å²) in [5.74, 6) is -0.263. The first kappa shape index (κ1) is 16.6. The molecule has 0 aliphatic heterocycles. The summed E-state index contributed by atoms with van der Waals surface area (Å²) in [7, 11) is 0. The molecule has 0 spiro atoms. The van der Waals surface area contributed by atoms with Gasteiger partial charge in [-0.3, -0.25) is 4.79 Å². The average molecular weight is 333 g/mol. The Balaban J connectivity index is 1.68. The van der Waals surface area contributed by atoms with Gasteiger partial charge in [0, 0.05) is 12.1 Å². The SMILES string of the molecule is O=C(NCc1cccc(C(F)(F)F)c1)c1ccc2c(c1)CCCC2. The first-order valence-electron chi connectivity index (χ1n) is 7.99. The predicted molar refractivity (Wildman–Crippen MR) is 85.7 cm³/mol. The molecule has 0 atom stereocenters. The van der Waals surface area contributed by atoms with E-state index in [4.69, 9.17) is 0 Å². The van der Waals surface area contributed by atoms with Gasteiger partial charge in [0.2, 0.25) is 0 Å². The number of alkyl halides is 3. The Bertz CT molecular complexity index is 753. The van der Waals surface area contributed by atoms with Gasteiger partial charge in [0.15, 0.2) is 0 Å². The number of halogens is 3. The van der Waals surface area contributed by atoms with Crippen LogP contribution in [0.25, 0.3) is 0 Å². The number of carbonyl (C=O) groups excluding carboxylic acids is 1. The largest absolute Gasteiger partial charge is 0.416 e. The van der Waals surface area contributed by atoms with Crippen LogP contribution in [-0.4, -0.2) is 5.91 Å². The molecular formula is C19H18F3NO. The summed E-state index contributed by atoms with van der Waals surface area (Å²) >= 11 is 0. The van der Waals surface area contributed by atoms with Gasteiger partial charge in [0.05, 0.1) is 5.56 Å². The minimum Gasteiger partial charge on any atom is -0.348 e. The number of aryl methyl sites for hydroxylation is 2. The van der Waals surface area contributed by atoms with Crippen molar-refractivity contribution in [2.45, 2.75) is 38.4 Å². The van der Waals surface area contributed by atoms with Crippen molar-refractivity contribution in [3.63, 3.8) is 0 Å². The third kappa shape index (κ3) is 3.78. The van der Waals surface area contributed by atoms with Gasteiger partial charge < -0.3 is 5.32 Å². The molecule has 2 aromatic carbocycles. The van der Waals surface area contributed by atoms with Crippen molar-refractivity contribution in [2.75, 3.05) is 0 Å². The lowest BCUT2D eigenvalue weighted by atomic mass is 9.90. The van der Waals surface area contributed by atoms with Gasteiger partial charge in [-0.15, -0.1) is 0 Å². The maximum atomic E-state index is 12.7. The Morgan fingerprint density at radius 2 is 1.75 bits per heavy atom. The number of hydrogen-bond donors (Lipinski definition) is 1. The molecule has 0 saturated carbocycles. The van der Waals surface area contributed by atoms with Crippen LogP contribution in [0.15, 0.2) is 42.5 Å². The average Bonchev–Trinajstić information content (AvgIpc) is 2.59. The molecule has 1 N–H and O–H groups in total. The van der Waals surface area contributed by atoms with Crippen LogP contribution in [0.4, 0.5) is 13.2 Å². The highest BCUT2D eigenvalue weighted by Crippen LogP contribution is 2.29. The molecule has 5 heteroatoms. The van der Waals surface area contributed by atoms with Gasteiger partial charge >= 0.3 is 6.18 Å². The zero-order valence-electron chi connectivity index (χ0n) is 13.1. The standard InChI is InChI=1S/C19H18F3NO/c20-19(21,22)17-7-3-4-13(10-17)12-23-18(24)16-9-8-14-5-1-2-6-15(14)11-16/h3-4,7-11H,1-2,5-6,12H2,(H,23,24). The van der Waals surface area contributed by atoms with Crippen molar-refractivity contribution in [2.24, 2.45) is 0 Å². The summed E-state index contributed by atoms with van der Waals surface area (Å²) in [4.78, 5) is 12.3. The highest BCUT2D eigenvalue weighted by molar-refractivity contribution is 5.94. The van der Waals surface area contributed by atoms with Crippen molar-refractivity contribution in [3.05, 3.63) is 70.3 Å². The van der Waals surface area contributed by atoms with Crippen LogP contribution in [-0.2, 0) is 25.6 Å². The maximum Gasteiger partial charge on any atom is 0.416 e. The lowest BCUT2D eigenvalue weighted by Crippen LogP contribution is -2.23. The van der Waals surface area contributed by atoms with E-state index in [2.05, 4.69) is 5.32 Å². The number of fused-ring (bicyclic) bond motifs is 1. The Hall–Kier alpha value is -2.30. The van der Waals surface area contributed by atoms with Crippen molar-refractivity contribution >= 4 is 5.91 Å². The van der Waals surface area contributed by atoms with Gasteiger partial charge in [-0.1, -0.05) is 18.2 Å². The highest BCUT2D eigenvalue weighted by Gasteiger charge is 2.30. The van der Waals surface area contributed by atoms with E-state index in [0.29, 0.717) is 11.1 Å². The Morgan fingerprint density at radius 3 is 2.50 bits per heavy atom. The summed E-state index contributed by atoms with van der Waals surface area (Å²) in [6, 6.07) is 10.7. The summed E-state index contributed by atoms with van der Waals surface area (Å²) in [6.45, 7) is 0.0693. The van der Waals surface area contributed by atoms with Crippen LogP contribution in [0.2, 0.25) is 0 Å². The zero-order chi connectivity index (χ0) is 17.2. The summed E-state index contributed by atoms with van der Waals surface area (Å²) < 4.78 is 38.1. The second kappa shape index (κ2) is 6.67. The molecule has 3 rings (SSSR count).